The maximum Gasteiger partial charge on any atom is 0.350 e. The summed E-state index contributed by atoms with van der Waals surface area (Å²) < 4.78 is 4.75. The number of carbonyl (C=O) groups is 2. The number of anilines is 2. The molecule has 0 aliphatic heterocycles. The van der Waals surface area contributed by atoms with Gasteiger partial charge in [0.1, 0.15) is 6.07 Å². The van der Waals surface area contributed by atoms with Crippen LogP contribution in [0.5, 0.6) is 0 Å². The Kier molecular flexibility index (Phi) is 5.96. The van der Waals surface area contributed by atoms with Crippen LogP contribution in [0.2, 0.25) is 0 Å². The summed E-state index contributed by atoms with van der Waals surface area (Å²) in [4.78, 5) is 24.3. The molecule has 110 valence electrons. The van der Waals surface area contributed by atoms with Gasteiger partial charge in [-0.1, -0.05) is 6.07 Å². The molecule has 0 saturated carbocycles. The van der Waals surface area contributed by atoms with Gasteiger partial charge in [-0.05, 0) is 25.1 Å². The second kappa shape index (κ2) is 7.70. The molecule has 0 spiro atoms. The number of amides is 1. The zero-order chi connectivity index (χ0) is 15.8. The maximum absolute atomic E-state index is 11.5. The van der Waals surface area contributed by atoms with Crippen LogP contribution in [0.1, 0.15) is 13.8 Å². The standard InChI is InChI=1S/C15H17N3O3/c1-4-21-15(20)12(9-16)10-17-13-6-5-7-14(8-13)18(3)11(2)19/h5-8,10,17H,4H2,1-3H3/b12-10-. The summed E-state index contributed by atoms with van der Waals surface area (Å²) in [6, 6.07) is 8.81. The Bertz CT molecular complexity index is 602. The van der Waals surface area contributed by atoms with Crippen molar-refractivity contribution in [2.45, 2.75) is 13.8 Å². The smallest absolute Gasteiger partial charge is 0.350 e. The Balaban J connectivity index is 2.89. The normalized spacial score (nSPS) is 10.5. The average Bonchev–Trinajstić information content (AvgIpc) is 2.47. The first-order valence-corrected chi connectivity index (χ1v) is 6.37. The van der Waals surface area contributed by atoms with Crippen molar-refractivity contribution in [3.05, 3.63) is 36.0 Å². The van der Waals surface area contributed by atoms with Crippen molar-refractivity contribution in [3.8, 4) is 6.07 Å². The van der Waals surface area contributed by atoms with E-state index in [0.29, 0.717) is 11.4 Å². The van der Waals surface area contributed by atoms with Crippen LogP contribution in [0.25, 0.3) is 0 Å². The SMILES string of the molecule is CCOC(=O)/C(C#N)=C\Nc1cccc(N(C)C(C)=O)c1. The third-order valence-electron chi connectivity index (χ3n) is 2.70. The fourth-order valence-corrected chi connectivity index (χ4v) is 1.49. The number of hydrogen-bond donors (Lipinski definition) is 1. The molecule has 0 heterocycles. The largest absolute Gasteiger partial charge is 0.462 e. The fourth-order valence-electron chi connectivity index (χ4n) is 1.49. The van der Waals surface area contributed by atoms with Gasteiger partial charge in [-0.25, -0.2) is 4.79 Å². The Hall–Kier alpha value is -2.81. The second-order valence-electron chi connectivity index (χ2n) is 4.16. The van der Waals surface area contributed by atoms with Gasteiger partial charge in [0.15, 0.2) is 5.57 Å². The van der Waals surface area contributed by atoms with E-state index in [1.54, 1.807) is 44.3 Å². The van der Waals surface area contributed by atoms with Crippen molar-refractivity contribution in [2.24, 2.45) is 0 Å². The summed E-state index contributed by atoms with van der Waals surface area (Å²) in [7, 11) is 1.66. The Morgan fingerprint density at radius 2 is 2.19 bits per heavy atom. The van der Waals surface area contributed by atoms with E-state index >= 15 is 0 Å². The highest BCUT2D eigenvalue weighted by Gasteiger charge is 2.09. The first-order valence-electron chi connectivity index (χ1n) is 6.37. The molecule has 0 unspecified atom stereocenters. The number of nitrogens with zero attached hydrogens (tertiary/aromatic N) is 2. The van der Waals surface area contributed by atoms with E-state index in [1.807, 2.05) is 0 Å². The fraction of sp³-hybridized carbons (Fsp3) is 0.267. The van der Waals surface area contributed by atoms with Gasteiger partial charge in [0, 0.05) is 31.5 Å². The van der Waals surface area contributed by atoms with E-state index < -0.39 is 5.97 Å². The molecule has 0 radical (unpaired) electrons. The molecular weight excluding hydrogens is 270 g/mol. The van der Waals surface area contributed by atoms with Crippen LogP contribution in [0, 0.1) is 11.3 Å². The number of carbonyl (C=O) groups excluding carboxylic acids is 2. The van der Waals surface area contributed by atoms with Gasteiger partial charge in [-0.3, -0.25) is 4.79 Å². The third-order valence-corrected chi connectivity index (χ3v) is 2.70. The highest BCUT2D eigenvalue weighted by Crippen LogP contribution is 2.18. The minimum atomic E-state index is -0.676. The van der Waals surface area contributed by atoms with Crippen LogP contribution in [-0.4, -0.2) is 25.5 Å². The highest BCUT2D eigenvalue weighted by molar-refractivity contribution is 5.93. The van der Waals surface area contributed by atoms with Crippen LogP contribution in [0.4, 0.5) is 11.4 Å². The lowest BCUT2D eigenvalue weighted by molar-refractivity contribution is -0.138. The van der Waals surface area contributed by atoms with E-state index in [1.165, 1.54) is 18.0 Å². The van der Waals surface area contributed by atoms with Gasteiger partial charge in [0.05, 0.1) is 6.61 Å². The van der Waals surface area contributed by atoms with E-state index in [9.17, 15) is 9.59 Å². The molecule has 1 N–H and O–H groups in total. The van der Waals surface area contributed by atoms with Crippen LogP contribution < -0.4 is 10.2 Å². The Morgan fingerprint density at radius 1 is 1.48 bits per heavy atom. The molecule has 0 aliphatic carbocycles. The molecule has 0 aliphatic rings. The lowest BCUT2D eigenvalue weighted by Gasteiger charge is -2.15. The summed E-state index contributed by atoms with van der Waals surface area (Å²) in [6.07, 6.45) is 1.28. The maximum atomic E-state index is 11.5. The number of rotatable bonds is 5. The molecular formula is C15H17N3O3. The molecule has 0 atom stereocenters. The van der Waals surface area contributed by atoms with Gasteiger partial charge >= 0.3 is 5.97 Å². The first-order chi connectivity index (χ1) is 9.99. The molecule has 6 nitrogen and oxygen atoms in total. The van der Waals surface area contributed by atoms with Crippen LogP contribution in [0.15, 0.2) is 36.0 Å². The van der Waals surface area contributed by atoms with Gasteiger partial charge in [-0.15, -0.1) is 0 Å². The number of ether oxygens (including phenoxy) is 1. The molecule has 6 heteroatoms. The van der Waals surface area contributed by atoms with E-state index in [0.717, 1.165) is 0 Å². The Labute approximate surface area is 123 Å². The summed E-state index contributed by atoms with van der Waals surface area (Å²) in [6.45, 7) is 3.34. The number of hydrogen-bond acceptors (Lipinski definition) is 5. The molecule has 1 aromatic carbocycles. The average molecular weight is 287 g/mol. The van der Waals surface area contributed by atoms with Crippen molar-refractivity contribution in [1.82, 2.24) is 0 Å². The minimum absolute atomic E-state index is 0.0908. The lowest BCUT2D eigenvalue weighted by Crippen LogP contribution is -2.22. The van der Waals surface area contributed by atoms with Crippen LogP contribution >= 0.6 is 0 Å². The lowest BCUT2D eigenvalue weighted by atomic mass is 10.2. The number of esters is 1. The summed E-state index contributed by atoms with van der Waals surface area (Å²) in [5, 5.41) is 11.8. The number of benzene rings is 1. The second-order valence-corrected chi connectivity index (χ2v) is 4.16. The predicted octanol–water partition coefficient (Wildman–Crippen LogP) is 2.05. The molecule has 0 saturated heterocycles. The van der Waals surface area contributed by atoms with Crippen molar-refractivity contribution in [1.29, 1.82) is 5.26 Å². The van der Waals surface area contributed by atoms with Crippen molar-refractivity contribution >= 4 is 23.3 Å². The topological polar surface area (TPSA) is 82.4 Å². The zero-order valence-corrected chi connectivity index (χ0v) is 12.2. The number of nitrogens with one attached hydrogen (secondary N) is 1. The summed E-state index contributed by atoms with van der Waals surface area (Å²) in [5.41, 5.74) is 1.23. The minimum Gasteiger partial charge on any atom is -0.462 e. The highest BCUT2D eigenvalue weighted by atomic mass is 16.5. The van der Waals surface area contributed by atoms with Gasteiger partial charge in [0.25, 0.3) is 0 Å². The first kappa shape index (κ1) is 16.2. The van der Waals surface area contributed by atoms with Crippen LogP contribution in [0.3, 0.4) is 0 Å². The number of nitriles is 1. The van der Waals surface area contributed by atoms with E-state index in [2.05, 4.69) is 5.32 Å². The van der Waals surface area contributed by atoms with Crippen molar-refractivity contribution in [2.75, 3.05) is 23.9 Å². The van der Waals surface area contributed by atoms with Gasteiger partial charge in [-0.2, -0.15) is 5.26 Å². The quantitative estimate of drug-likeness (QED) is 0.509. The van der Waals surface area contributed by atoms with Gasteiger partial charge < -0.3 is 15.0 Å². The van der Waals surface area contributed by atoms with Crippen molar-refractivity contribution in [3.63, 3.8) is 0 Å². The molecule has 0 bridgehead atoms. The summed E-state index contributed by atoms with van der Waals surface area (Å²) in [5.74, 6) is -0.767. The molecule has 1 aromatic rings. The predicted molar refractivity (Wildman–Crippen MR) is 79.5 cm³/mol. The van der Waals surface area contributed by atoms with Gasteiger partial charge in [0.2, 0.25) is 5.91 Å². The molecule has 1 amide bonds. The van der Waals surface area contributed by atoms with E-state index in [4.69, 9.17) is 10.00 Å². The molecule has 21 heavy (non-hydrogen) atoms. The Morgan fingerprint density at radius 3 is 2.76 bits per heavy atom. The van der Waals surface area contributed by atoms with Crippen molar-refractivity contribution < 1.29 is 14.3 Å². The van der Waals surface area contributed by atoms with Crippen LogP contribution in [-0.2, 0) is 14.3 Å². The monoisotopic (exact) mass is 287 g/mol. The molecule has 0 fully saturated rings. The molecule has 0 aromatic heterocycles. The van der Waals surface area contributed by atoms with E-state index in [-0.39, 0.29) is 18.1 Å². The third kappa shape index (κ3) is 4.66. The zero-order valence-electron chi connectivity index (χ0n) is 12.2. The molecule has 1 rings (SSSR count). The summed E-state index contributed by atoms with van der Waals surface area (Å²) >= 11 is 0.